The van der Waals surface area contributed by atoms with E-state index < -0.39 is 0 Å². The SMILES string of the molecule is c1ccc(-c2ccc(-c3nc(-c4ccc(-c5ccccc5)cc4)nc(-c4cccc(-c5nc(-c6ccccc6)nc6c5sc5ccccc56)c4)n3)cc2)cc1. The van der Waals surface area contributed by atoms with Gasteiger partial charge in [-0.15, -0.1) is 11.3 Å². The van der Waals surface area contributed by atoms with Gasteiger partial charge in [0.15, 0.2) is 23.3 Å². The molecule has 10 rings (SSSR count). The Hall–Kier alpha value is -7.15. The molecule has 258 valence electrons. The largest absolute Gasteiger partial charge is 0.226 e. The van der Waals surface area contributed by atoms with Gasteiger partial charge in [-0.3, -0.25) is 0 Å². The van der Waals surface area contributed by atoms with Crippen molar-refractivity contribution in [3.8, 4) is 79.1 Å². The molecule has 5 nitrogen and oxygen atoms in total. The summed E-state index contributed by atoms with van der Waals surface area (Å²) in [6.45, 7) is 0. The molecule has 0 atom stereocenters. The summed E-state index contributed by atoms with van der Waals surface area (Å²) in [6, 6.07) is 64.6. The molecule has 3 aromatic heterocycles. The Morgan fingerprint density at radius 2 is 0.691 bits per heavy atom. The van der Waals surface area contributed by atoms with Crippen molar-refractivity contribution in [2.75, 3.05) is 0 Å². The lowest BCUT2D eigenvalue weighted by atomic mass is 10.0. The fraction of sp³-hybridized carbons (Fsp3) is 0. The molecular weight excluding hydrogens is 691 g/mol. The molecule has 0 aliphatic heterocycles. The average molecular weight is 722 g/mol. The second-order valence-corrected chi connectivity index (χ2v) is 14.4. The maximum absolute atomic E-state index is 5.21. The van der Waals surface area contributed by atoms with Gasteiger partial charge in [0.2, 0.25) is 0 Å². The molecular formula is C49H31N5S. The minimum Gasteiger partial charge on any atom is -0.226 e. The maximum atomic E-state index is 5.21. The van der Waals surface area contributed by atoms with Gasteiger partial charge in [0.25, 0.3) is 0 Å². The van der Waals surface area contributed by atoms with E-state index in [2.05, 4.69) is 158 Å². The molecule has 6 heteroatoms. The van der Waals surface area contributed by atoms with Gasteiger partial charge in [0, 0.05) is 37.9 Å². The lowest BCUT2D eigenvalue weighted by Gasteiger charge is -2.11. The van der Waals surface area contributed by atoms with E-state index in [4.69, 9.17) is 24.9 Å². The first-order chi connectivity index (χ1) is 27.2. The highest BCUT2D eigenvalue weighted by Crippen LogP contribution is 2.40. The molecule has 0 saturated carbocycles. The highest BCUT2D eigenvalue weighted by atomic mass is 32.1. The molecule has 0 saturated heterocycles. The molecule has 0 aliphatic carbocycles. The highest BCUT2D eigenvalue weighted by molar-refractivity contribution is 7.26. The highest BCUT2D eigenvalue weighted by Gasteiger charge is 2.18. The third-order valence-electron chi connectivity index (χ3n) is 9.78. The Kier molecular flexibility index (Phi) is 8.28. The van der Waals surface area contributed by atoms with E-state index in [1.807, 2.05) is 30.3 Å². The number of hydrogen-bond acceptors (Lipinski definition) is 6. The quantitative estimate of drug-likeness (QED) is 0.164. The molecule has 55 heavy (non-hydrogen) atoms. The fourth-order valence-electron chi connectivity index (χ4n) is 6.96. The van der Waals surface area contributed by atoms with Crippen LogP contribution >= 0.6 is 11.3 Å². The van der Waals surface area contributed by atoms with Crippen LogP contribution in [0.5, 0.6) is 0 Å². The van der Waals surface area contributed by atoms with Crippen molar-refractivity contribution in [3.63, 3.8) is 0 Å². The maximum Gasteiger partial charge on any atom is 0.164 e. The number of benzene rings is 7. The second kappa shape index (κ2) is 14.0. The standard InChI is InChI=1S/C49H31N5S/c1-4-13-32(14-5-1)34-23-27-37(28-24-34)47-52-48(38-29-25-35(26-30-38)33-15-6-2-7-16-33)54-49(53-47)40-20-12-19-39(31-40)43-45-44(41-21-10-11-22-42(41)55-45)51-46(50-43)36-17-8-3-9-18-36/h1-31H. The van der Waals surface area contributed by atoms with Crippen molar-refractivity contribution in [1.82, 2.24) is 24.9 Å². The van der Waals surface area contributed by atoms with E-state index >= 15 is 0 Å². The van der Waals surface area contributed by atoms with E-state index in [-0.39, 0.29) is 0 Å². The van der Waals surface area contributed by atoms with Gasteiger partial charge >= 0.3 is 0 Å². The van der Waals surface area contributed by atoms with Crippen LogP contribution in [0.2, 0.25) is 0 Å². The zero-order valence-electron chi connectivity index (χ0n) is 29.5. The zero-order chi connectivity index (χ0) is 36.6. The van der Waals surface area contributed by atoms with Gasteiger partial charge in [-0.05, 0) is 34.4 Å². The Bertz CT molecular complexity index is 2840. The van der Waals surface area contributed by atoms with Crippen LogP contribution in [-0.2, 0) is 0 Å². The van der Waals surface area contributed by atoms with Crippen LogP contribution in [0.25, 0.3) is 99.4 Å². The molecule has 10 aromatic rings. The van der Waals surface area contributed by atoms with Crippen LogP contribution in [0.4, 0.5) is 0 Å². The van der Waals surface area contributed by atoms with E-state index in [1.54, 1.807) is 11.3 Å². The third kappa shape index (κ3) is 6.35. The fourth-order valence-corrected chi connectivity index (χ4v) is 8.11. The number of hydrogen-bond donors (Lipinski definition) is 0. The molecule has 0 amide bonds. The van der Waals surface area contributed by atoms with Gasteiger partial charge in [-0.1, -0.05) is 176 Å². The second-order valence-electron chi connectivity index (χ2n) is 13.3. The number of thiophene rings is 1. The van der Waals surface area contributed by atoms with Crippen molar-refractivity contribution in [1.29, 1.82) is 0 Å². The van der Waals surface area contributed by atoms with Crippen LogP contribution in [0.1, 0.15) is 0 Å². The molecule has 0 radical (unpaired) electrons. The Morgan fingerprint density at radius 3 is 1.27 bits per heavy atom. The summed E-state index contributed by atoms with van der Waals surface area (Å²) in [6.07, 6.45) is 0. The van der Waals surface area contributed by atoms with Gasteiger partial charge in [0.05, 0.1) is 15.9 Å². The minimum atomic E-state index is 0.589. The van der Waals surface area contributed by atoms with Gasteiger partial charge in [0.1, 0.15) is 0 Å². The zero-order valence-corrected chi connectivity index (χ0v) is 30.4. The van der Waals surface area contributed by atoms with E-state index in [9.17, 15) is 0 Å². The van der Waals surface area contributed by atoms with Gasteiger partial charge in [-0.25, -0.2) is 24.9 Å². The molecule has 0 fully saturated rings. The number of rotatable bonds is 7. The molecule has 0 aliphatic rings. The van der Waals surface area contributed by atoms with Crippen molar-refractivity contribution in [2.45, 2.75) is 0 Å². The molecule has 0 unspecified atom stereocenters. The van der Waals surface area contributed by atoms with Crippen molar-refractivity contribution >= 4 is 31.6 Å². The number of nitrogens with zero attached hydrogens (tertiary/aromatic N) is 5. The summed E-state index contributed by atoms with van der Waals surface area (Å²) >= 11 is 1.72. The first-order valence-electron chi connectivity index (χ1n) is 18.2. The summed E-state index contributed by atoms with van der Waals surface area (Å²) in [4.78, 5) is 25.6. The first-order valence-corrected chi connectivity index (χ1v) is 19.0. The summed E-state index contributed by atoms with van der Waals surface area (Å²) in [5.74, 6) is 2.50. The molecule has 0 bridgehead atoms. The van der Waals surface area contributed by atoms with Crippen LogP contribution in [-0.4, -0.2) is 24.9 Å². The van der Waals surface area contributed by atoms with E-state index in [0.717, 1.165) is 71.4 Å². The molecule has 7 aromatic carbocycles. The predicted octanol–water partition coefficient (Wildman–Crippen LogP) is 12.7. The van der Waals surface area contributed by atoms with Gasteiger partial charge in [-0.2, -0.15) is 0 Å². The van der Waals surface area contributed by atoms with E-state index in [1.165, 1.54) is 4.70 Å². The lowest BCUT2D eigenvalue weighted by Crippen LogP contribution is -2.00. The molecule has 0 spiro atoms. The third-order valence-corrected chi connectivity index (χ3v) is 10.9. The van der Waals surface area contributed by atoms with Crippen LogP contribution in [0.3, 0.4) is 0 Å². The van der Waals surface area contributed by atoms with Crippen LogP contribution < -0.4 is 0 Å². The normalized spacial score (nSPS) is 11.3. The number of fused-ring (bicyclic) bond motifs is 3. The Labute approximate surface area is 322 Å². The van der Waals surface area contributed by atoms with Crippen LogP contribution in [0, 0.1) is 0 Å². The van der Waals surface area contributed by atoms with Crippen molar-refractivity contribution in [3.05, 3.63) is 188 Å². The van der Waals surface area contributed by atoms with E-state index in [0.29, 0.717) is 23.3 Å². The van der Waals surface area contributed by atoms with Crippen LogP contribution in [0.15, 0.2) is 188 Å². The minimum absolute atomic E-state index is 0.589. The smallest absolute Gasteiger partial charge is 0.164 e. The monoisotopic (exact) mass is 721 g/mol. The topological polar surface area (TPSA) is 64.5 Å². The summed E-state index contributed by atoms with van der Waals surface area (Å²) in [5, 5.41) is 1.13. The molecule has 0 N–H and O–H groups in total. The predicted molar refractivity (Wildman–Crippen MR) is 226 cm³/mol. The first kappa shape index (κ1) is 32.5. The van der Waals surface area contributed by atoms with Crippen molar-refractivity contribution in [2.24, 2.45) is 0 Å². The number of aromatic nitrogens is 5. The summed E-state index contributed by atoms with van der Waals surface area (Å²) < 4.78 is 2.23. The summed E-state index contributed by atoms with van der Waals surface area (Å²) in [5.41, 5.74) is 11.1. The van der Waals surface area contributed by atoms with Gasteiger partial charge < -0.3 is 0 Å². The molecule has 3 heterocycles. The van der Waals surface area contributed by atoms with Crippen molar-refractivity contribution < 1.29 is 0 Å². The Morgan fingerprint density at radius 1 is 0.291 bits per heavy atom. The average Bonchev–Trinajstić information content (AvgIpc) is 3.66. The Balaban J connectivity index is 1.11. The lowest BCUT2D eigenvalue weighted by molar-refractivity contribution is 1.07. The summed E-state index contributed by atoms with van der Waals surface area (Å²) in [7, 11) is 0.